The molecule has 2 heterocycles. The number of thiazole rings is 1. The summed E-state index contributed by atoms with van der Waals surface area (Å²) in [4.78, 5) is 42.6. The molecule has 1 atom stereocenters. The molecule has 1 aromatic heterocycles. The molecule has 2 N–H and O–H groups in total. The first-order chi connectivity index (χ1) is 12.6. The van der Waals surface area contributed by atoms with E-state index in [0.29, 0.717) is 30.4 Å². The molecule has 7 nitrogen and oxygen atoms in total. The highest BCUT2D eigenvalue weighted by Crippen LogP contribution is 2.26. The van der Waals surface area contributed by atoms with Gasteiger partial charge in [0.2, 0.25) is 17.7 Å². The van der Waals surface area contributed by atoms with Crippen molar-refractivity contribution in [3.05, 3.63) is 11.6 Å². The standard InChI is InChI=1S/C18H26N4O3S/c23-15(11-13-5-2-1-3-6-13)20-12-16(24)22-9-4-7-14(22)17(25)21-18-19-8-10-26-18/h8,10,13-14H,1-7,9,11-12H2,(H,20,23)(H,19,21,25). The van der Waals surface area contributed by atoms with Crippen LogP contribution in [0.25, 0.3) is 0 Å². The van der Waals surface area contributed by atoms with E-state index in [1.54, 1.807) is 16.5 Å². The molecule has 1 saturated carbocycles. The van der Waals surface area contributed by atoms with Crippen LogP contribution in [0.1, 0.15) is 51.4 Å². The van der Waals surface area contributed by atoms with Gasteiger partial charge in [0.05, 0.1) is 6.54 Å². The number of carbonyl (C=O) groups is 3. The van der Waals surface area contributed by atoms with E-state index in [0.717, 1.165) is 19.3 Å². The van der Waals surface area contributed by atoms with Crippen LogP contribution in [-0.2, 0) is 14.4 Å². The smallest absolute Gasteiger partial charge is 0.248 e. The molecule has 0 spiro atoms. The Hall–Kier alpha value is -1.96. The fourth-order valence-corrected chi connectivity index (χ4v) is 4.34. The van der Waals surface area contributed by atoms with Gasteiger partial charge in [-0.3, -0.25) is 14.4 Å². The first-order valence-corrected chi connectivity index (χ1v) is 10.3. The zero-order chi connectivity index (χ0) is 18.4. The third kappa shape index (κ3) is 5.03. The Morgan fingerprint density at radius 1 is 1.15 bits per heavy atom. The minimum Gasteiger partial charge on any atom is -0.347 e. The topological polar surface area (TPSA) is 91.4 Å². The maximum Gasteiger partial charge on any atom is 0.248 e. The summed E-state index contributed by atoms with van der Waals surface area (Å²) in [6.45, 7) is 0.514. The van der Waals surface area contributed by atoms with Gasteiger partial charge in [0, 0.05) is 24.5 Å². The van der Waals surface area contributed by atoms with E-state index < -0.39 is 6.04 Å². The monoisotopic (exact) mass is 378 g/mol. The number of anilines is 1. The molecule has 1 aliphatic carbocycles. The number of hydrogen-bond acceptors (Lipinski definition) is 5. The van der Waals surface area contributed by atoms with Crippen molar-refractivity contribution in [3.63, 3.8) is 0 Å². The molecular weight excluding hydrogens is 352 g/mol. The lowest BCUT2D eigenvalue weighted by Crippen LogP contribution is -2.47. The van der Waals surface area contributed by atoms with Crippen LogP contribution < -0.4 is 10.6 Å². The molecule has 8 heteroatoms. The molecule has 1 unspecified atom stereocenters. The predicted molar refractivity (Wildman–Crippen MR) is 99.7 cm³/mol. The first-order valence-electron chi connectivity index (χ1n) is 9.40. The van der Waals surface area contributed by atoms with Crippen LogP contribution in [0.3, 0.4) is 0 Å². The number of nitrogens with zero attached hydrogens (tertiary/aromatic N) is 2. The molecule has 1 aromatic rings. The second-order valence-corrected chi connectivity index (χ2v) is 7.95. The predicted octanol–water partition coefficient (Wildman–Crippen LogP) is 2.16. The maximum absolute atomic E-state index is 12.5. The van der Waals surface area contributed by atoms with E-state index in [4.69, 9.17) is 0 Å². The summed E-state index contributed by atoms with van der Waals surface area (Å²) in [6.07, 6.45) is 9.41. The minimum atomic E-state index is -0.485. The van der Waals surface area contributed by atoms with Crippen LogP contribution in [0.5, 0.6) is 0 Å². The van der Waals surface area contributed by atoms with Crippen LogP contribution >= 0.6 is 11.3 Å². The molecule has 0 bridgehead atoms. The Bertz CT molecular complexity index is 628. The molecule has 3 amide bonds. The molecule has 2 aliphatic rings. The lowest BCUT2D eigenvalue weighted by Gasteiger charge is -2.24. The van der Waals surface area contributed by atoms with E-state index >= 15 is 0 Å². The van der Waals surface area contributed by atoms with Crippen molar-refractivity contribution in [2.75, 3.05) is 18.4 Å². The fourth-order valence-electron chi connectivity index (χ4n) is 3.81. The summed E-state index contributed by atoms with van der Waals surface area (Å²) in [6, 6.07) is -0.485. The Labute approximate surface area is 157 Å². The fraction of sp³-hybridized carbons (Fsp3) is 0.667. The molecule has 3 rings (SSSR count). The average molecular weight is 378 g/mol. The van der Waals surface area contributed by atoms with Gasteiger partial charge in [-0.25, -0.2) is 4.98 Å². The van der Waals surface area contributed by atoms with E-state index in [1.807, 2.05) is 0 Å². The van der Waals surface area contributed by atoms with Crippen molar-refractivity contribution in [2.24, 2.45) is 5.92 Å². The first kappa shape index (κ1) is 18.8. The van der Waals surface area contributed by atoms with E-state index in [9.17, 15) is 14.4 Å². The molecule has 2 fully saturated rings. The van der Waals surface area contributed by atoms with Gasteiger partial charge in [-0.2, -0.15) is 0 Å². The highest BCUT2D eigenvalue weighted by molar-refractivity contribution is 7.13. The summed E-state index contributed by atoms with van der Waals surface area (Å²) < 4.78 is 0. The van der Waals surface area contributed by atoms with Crippen LogP contribution in [0.15, 0.2) is 11.6 Å². The Balaban J connectivity index is 1.45. The molecule has 0 radical (unpaired) electrons. The normalized spacial score (nSPS) is 20.8. The number of likely N-dealkylation sites (tertiary alicyclic amines) is 1. The van der Waals surface area contributed by atoms with Crippen LogP contribution in [0.4, 0.5) is 5.13 Å². The van der Waals surface area contributed by atoms with Crippen LogP contribution in [-0.4, -0.2) is 46.7 Å². The largest absolute Gasteiger partial charge is 0.347 e. The van der Waals surface area contributed by atoms with E-state index in [-0.39, 0.29) is 24.3 Å². The SMILES string of the molecule is O=C(CC1CCCCC1)NCC(=O)N1CCCC1C(=O)Nc1nccs1. The van der Waals surface area contributed by atoms with Gasteiger partial charge in [-0.1, -0.05) is 19.3 Å². The van der Waals surface area contributed by atoms with Crippen molar-refractivity contribution in [1.82, 2.24) is 15.2 Å². The number of rotatable bonds is 6. The summed E-state index contributed by atoms with van der Waals surface area (Å²) in [7, 11) is 0. The van der Waals surface area contributed by atoms with Crippen molar-refractivity contribution >= 4 is 34.2 Å². The highest BCUT2D eigenvalue weighted by atomic mass is 32.1. The van der Waals surface area contributed by atoms with Gasteiger partial charge in [0.15, 0.2) is 5.13 Å². The van der Waals surface area contributed by atoms with Gasteiger partial charge in [0.1, 0.15) is 6.04 Å². The van der Waals surface area contributed by atoms with Crippen molar-refractivity contribution in [1.29, 1.82) is 0 Å². The van der Waals surface area contributed by atoms with E-state index in [1.165, 1.54) is 30.6 Å². The number of carbonyl (C=O) groups excluding carboxylic acids is 3. The third-order valence-corrected chi connectivity index (χ3v) is 5.86. The number of amides is 3. The van der Waals surface area contributed by atoms with Crippen LogP contribution in [0, 0.1) is 5.92 Å². The number of aromatic nitrogens is 1. The third-order valence-electron chi connectivity index (χ3n) is 5.17. The van der Waals surface area contributed by atoms with Crippen molar-refractivity contribution in [3.8, 4) is 0 Å². The maximum atomic E-state index is 12.5. The second kappa shape index (κ2) is 9.12. The molecular formula is C18H26N4O3S. The molecule has 1 saturated heterocycles. The summed E-state index contributed by atoms with van der Waals surface area (Å²) in [5.41, 5.74) is 0. The Morgan fingerprint density at radius 3 is 2.69 bits per heavy atom. The van der Waals surface area contributed by atoms with Crippen molar-refractivity contribution in [2.45, 2.75) is 57.4 Å². The zero-order valence-electron chi connectivity index (χ0n) is 14.9. The number of nitrogens with one attached hydrogen (secondary N) is 2. The summed E-state index contributed by atoms with van der Waals surface area (Å²) in [5.74, 6) is -0.0196. The lowest BCUT2D eigenvalue weighted by atomic mass is 9.87. The van der Waals surface area contributed by atoms with Gasteiger partial charge in [-0.15, -0.1) is 11.3 Å². The Kier molecular flexibility index (Phi) is 6.60. The van der Waals surface area contributed by atoms with Gasteiger partial charge in [-0.05, 0) is 31.6 Å². The minimum absolute atomic E-state index is 0.0351. The molecule has 1 aliphatic heterocycles. The molecule has 0 aromatic carbocycles. The Morgan fingerprint density at radius 2 is 1.96 bits per heavy atom. The summed E-state index contributed by atoms with van der Waals surface area (Å²) in [5, 5.41) is 7.82. The second-order valence-electron chi connectivity index (χ2n) is 7.06. The average Bonchev–Trinajstić information content (AvgIpc) is 3.32. The molecule has 142 valence electrons. The molecule has 26 heavy (non-hydrogen) atoms. The zero-order valence-corrected chi connectivity index (χ0v) is 15.7. The van der Waals surface area contributed by atoms with Crippen molar-refractivity contribution < 1.29 is 14.4 Å². The summed E-state index contributed by atoms with van der Waals surface area (Å²) >= 11 is 1.35. The quantitative estimate of drug-likeness (QED) is 0.793. The van der Waals surface area contributed by atoms with Gasteiger partial charge >= 0.3 is 0 Å². The lowest BCUT2D eigenvalue weighted by molar-refractivity contribution is -0.137. The van der Waals surface area contributed by atoms with Gasteiger partial charge < -0.3 is 15.5 Å². The van der Waals surface area contributed by atoms with Gasteiger partial charge in [0.25, 0.3) is 0 Å². The highest BCUT2D eigenvalue weighted by Gasteiger charge is 2.34. The van der Waals surface area contributed by atoms with E-state index in [2.05, 4.69) is 15.6 Å². The number of hydrogen-bond donors (Lipinski definition) is 2. The van der Waals surface area contributed by atoms with Crippen LogP contribution in [0.2, 0.25) is 0 Å².